The van der Waals surface area contributed by atoms with Gasteiger partial charge in [0.2, 0.25) is 5.78 Å². The van der Waals surface area contributed by atoms with Crippen molar-refractivity contribution in [2.24, 2.45) is 0 Å². The van der Waals surface area contributed by atoms with Crippen LogP contribution in [0.2, 0.25) is 0 Å². The predicted octanol–water partition coefficient (Wildman–Crippen LogP) is 2.01. The summed E-state index contributed by atoms with van der Waals surface area (Å²) in [4.78, 5) is 14.0. The Kier molecular flexibility index (Phi) is 3.64. The number of hydrogen-bond donors (Lipinski definition) is 0. The van der Waals surface area contributed by atoms with Crippen LogP contribution in [0.1, 0.15) is 23.2 Å². The summed E-state index contributed by atoms with van der Waals surface area (Å²) in [6.07, 6.45) is 1.63. The zero-order valence-electron chi connectivity index (χ0n) is 10.2. The fourth-order valence-corrected chi connectivity index (χ4v) is 1.84. The van der Waals surface area contributed by atoms with Crippen LogP contribution in [0.15, 0.2) is 28.3 Å². The van der Waals surface area contributed by atoms with Crippen LogP contribution in [0.5, 0.6) is 0 Å². The first-order valence-corrected chi connectivity index (χ1v) is 5.78. The maximum Gasteiger partial charge on any atom is 0.222 e. The highest BCUT2D eigenvalue weighted by Crippen LogP contribution is 2.11. The van der Waals surface area contributed by atoms with Gasteiger partial charge in [-0.1, -0.05) is 0 Å². The molecule has 4 nitrogen and oxygen atoms in total. The van der Waals surface area contributed by atoms with Gasteiger partial charge in [0.15, 0.2) is 5.76 Å². The molecule has 0 aliphatic carbocycles. The molecule has 0 radical (unpaired) electrons. The summed E-state index contributed by atoms with van der Waals surface area (Å²) >= 11 is 0. The summed E-state index contributed by atoms with van der Waals surface area (Å²) in [5.74, 6) is 1.07. The fourth-order valence-electron chi connectivity index (χ4n) is 1.84. The number of carbonyl (C=O) groups excluding carboxylic acids is 1. The van der Waals surface area contributed by atoms with Gasteiger partial charge in [0, 0.05) is 24.9 Å². The van der Waals surface area contributed by atoms with Gasteiger partial charge in [0.25, 0.3) is 0 Å². The van der Waals surface area contributed by atoms with Gasteiger partial charge in [0.1, 0.15) is 5.76 Å². The lowest BCUT2D eigenvalue weighted by Crippen LogP contribution is -2.35. The van der Waals surface area contributed by atoms with Crippen molar-refractivity contribution in [2.75, 3.05) is 26.3 Å². The maximum atomic E-state index is 11.9. The smallest absolute Gasteiger partial charge is 0.222 e. The van der Waals surface area contributed by atoms with Crippen LogP contribution >= 0.6 is 0 Å². The molecule has 2 rings (SSSR count). The molecule has 1 aromatic rings. The average Bonchev–Trinajstić information content (AvgIpc) is 2.77. The molecule has 0 N–H and O–H groups in total. The first-order chi connectivity index (χ1) is 8.16. The molecular weight excluding hydrogens is 218 g/mol. The van der Waals surface area contributed by atoms with Crippen LogP contribution < -0.4 is 0 Å². The van der Waals surface area contributed by atoms with Crippen molar-refractivity contribution < 1.29 is 13.9 Å². The Balaban J connectivity index is 2.05. The van der Waals surface area contributed by atoms with E-state index in [1.54, 1.807) is 18.2 Å². The van der Waals surface area contributed by atoms with E-state index in [4.69, 9.17) is 9.15 Å². The number of aryl methyl sites for hydroxylation is 1. The van der Waals surface area contributed by atoms with Crippen LogP contribution in [0.4, 0.5) is 0 Å². The second kappa shape index (κ2) is 5.19. The minimum atomic E-state index is -0.0814. The molecule has 2 heterocycles. The Morgan fingerprint density at radius 2 is 2.06 bits per heavy atom. The molecule has 0 atom stereocenters. The van der Waals surface area contributed by atoms with Crippen molar-refractivity contribution in [1.82, 2.24) is 4.90 Å². The van der Waals surface area contributed by atoms with E-state index in [2.05, 4.69) is 4.90 Å². The predicted molar refractivity (Wildman–Crippen MR) is 63.9 cm³/mol. The van der Waals surface area contributed by atoms with Crippen molar-refractivity contribution in [3.8, 4) is 0 Å². The normalized spacial score (nSPS) is 17.3. The molecule has 0 amide bonds. The van der Waals surface area contributed by atoms with Gasteiger partial charge in [-0.15, -0.1) is 0 Å². The summed E-state index contributed by atoms with van der Waals surface area (Å²) < 4.78 is 10.6. The fraction of sp³-hybridized carbons (Fsp3) is 0.462. The van der Waals surface area contributed by atoms with Crippen LogP contribution in [0.25, 0.3) is 0 Å². The third-order valence-electron chi connectivity index (χ3n) is 2.83. The molecule has 1 fully saturated rings. The van der Waals surface area contributed by atoms with E-state index < -0.39 is 0 Å². The quantitative estimate of drug-likeness (QED) is 0.593. The van der Waals surface area contributed by atoms with Crippen molar-refractivity contribution in [2.45, 2.75) is 13.8 Å². The number of nitrogens with zero attached hydrogens (tertiary/aromatic N) is 1. The number of rotatable bonds is 3. The van der Waals surface area contributed by atoms with Gasteiger partial charge in [-0.2, -0.15) is 0 Å². The highest BCUT2D eigenvalue weighted by atomic mass is 16.5. The van der Waals surface area contributed by atoms with Crippen molar-refractivity contribution in [3.63, 3.8) is 0 Å². The zero-order valence-corrected chi connectivity index (χ0v) is 10.2. The molecule has 0 spiro atoms. The molecule has 0 bridgehead atoms. The highest BCUT2D eigenvalue weighted by molar-refractivity contribution is 6.02. The number of allylic oxidation sites excluding steroid dienone is 2. The zero-order chi connectivity index (χ0) is 12.3. The van der Waals surface area contributed by atoms with Gasteiger partial charge in [-0.05, 0) is 26.0 Å². The summed E-state index contributed by atoms with van der Waals surface area (Å²) in [6.45, 7) is 6.90. The molecule has 92 valence electrons. The third-order valence-corrected chi connectivity index (χ3v) is 2.83. The summed E-state index contributed by atoms with van der Waals surface area (Å²) in [5, 5.41) is 0. The van der Waals surface area contributed by atoms with Crippen LogP contribution in [0.3, 0.4) is 0 Å². The molecule has 1 aromatic heterocycles. The molecule has 0 saturated carbocycles. The van der Waals surface area contributed by atoms with Crippen LogP contribution in [0, 0.1) is 6.92 Å². The van der Waals surface area contributed by atoms with Crippen LogP contribution in [-0.4, -0.2) is 37.0 Å². The maximum absolute atomic E-state index is 11.9. The first-order valence-electron chi connectivity index (χ1n) is 5.78. The standard InChI is InChI=1S/C13H17NO3/c1-10(14-5-7-16-8-6-14)9-12(15)13-4-3-11(2)17-13/h3-4,9H,5-8H2,1-2H3/b10-9+. The van der Waals surface area contributed by atoms with E-state index in [9.17, 15) is 4.79 Å². The number of ketones is 1. The molecular formula is C13H17NO3. The first kappa shape index (κ1) is 11.9. The summed E-state index contributed by atoms with van der Waals surface area (Å²) in [5.41, 5.74) is 0.965. The van der Waals surface area contributed by atoms with Crippen molar-refractivity contribution in [3.05, 3.63) is 35.4 Å². The lowest BCUT2D eigenvalue weighted by molar-refractivity contribution is 0.0534. The Bertz CT molecular complexity index is 428. The van der Waals surface area contributed by atoms with E-state index in [0.29, 0.717) is 5.76 Å². The van der Waals surface area contributed by atoms with Crippen molar-refractivity contribution in [1.29, 1.82) is 0 Å². The largest absolute Gasteiger partial charge is 0.458 e. The Hall–Kier alpha value is -1.55. The highest BCUT2D eigenvalue weighted by Gasteiger charge is 2.13. The molecule has 1 saturated heterocycles. The average molecular weight is 235 g/mol. The lowest BCUT2D eigenvalue weighted by Gasteiger charge is -2.29. The van der Waals surface area contributed by atoms with E-state index >= 15 is 0 Å². The second-order valence-corrected chi connectivity index (χ2v) is 4.16. The Morgan fingerprint density at radius 1 is 1.35 bits per heavy atom. The van der Waals surface area contributed by atoms with Gasteiger partial charge < -0.3 is 14.1 Å². The minimum Gasteiger partial charge on any atom is -0.458 e. The van der Waals surface area contributed by atoms with Crippen LogP contribution in [-0.2, 0) is 4.74 Å². The number of hydrogen-bond acceptors (Lipinski definition) is 4. The molecule has 4 heteroatoms. The summed E-state index contributed by atoms with van der Waals surface area (Å²) in [6, 6.07) is 3.51. The SMILES string of the molecule is C/C(=C\C(=O)c1ccc(C)o1)N1CCOCC1. The van der Waals surface area contributed by atoms with Crippen molar-refractivity contribution >= 4 is 5.78 Å². The lowest BCUT2D eigenvalue weighted by atomic mass is 10.2. The van der Waals surface area contributed by atoms with Gasteiger partial charge >= 0.3 is 0 Å². The van der Waals surface area contributed by atoms with Gasteiger partial charge in [-0.25, -0.2) is 0 Å². The Labute approximate surface area is 101 Å². The van der Waals surface area contributed by atoms with E-state index in [0.717, 1.165) is 37.8 Å². The minimum absolute atomic E-state index is 0.0814. The number of furan rings is 1. The van der Waals surface area contributed by atoms with Gasteiger partial charge in [-0.3, -0.25) is 4.79 Å². The molecule has 0 unspecified atom stereocenters. The topological polar surface area (TPSA) is 42.7 Å². The van der Waals surface area contributed by atoms with E-state index in [1.807, 2.05) is 13.8 Å². The molecule has 17 heavy (non-hydrogen) atoms. The monoisotopic (exact) mass is 235 g/mol. The number of morpholine rings is 1. The third kappa shape index (κ3) is 2.97. The second-order valence-electron chi connectivity index (χ2n) is 4.16. The molecule has 1 aliphatic rings. The number of carbonyl (C=O) groups is 1. The number of ether oxygens (including phenoxy) is 1. The Morgan fingerprint density at radius 3 is 2.65 bits per heavy atom. The van der Waals surface area contributed by atoms with E-state index in [1.165, 1.54) is 0 Å². The van der Waals surface area contributed by atoms with E-state index in [-0.39, 0.29) is 5.78 Å². The molecule has 1 aliphatic heterocycles. The van der Waals surface area contributed by atoms with Gasteiger partial charge in [0.05, 0.1) is 13.2 Å². The summed E-state index contributed by atoms with van der Waals surface area (Å²) in [7, 11) is 0. The molecule has 0 aromatic carbocycles.